The molecule has 3 nitrogen and oxygen atoms in total. The summed E-state index contributed by atoms with van der Waals surface area (Å²) in [6, 6.07) is 6.03. The first-order valence-electron chi connectivity index (χ1n) is 5.75. The molecule has 0 radical (unpaired) electrons. The van der Waals surface area contributed by atoms with E-state index < -0.39 is 0 Å². The normalized spacial score (nSPS) is 10.3. The number of hydrogen-bond donors (Lipinski definition) is 1. The lowest BCUT2D eigenvalue weighted by atomic mass is 10.1. The van der Waals surface area contributed by atoms with Gasteiger partial charge in [-0.15, -0.1) is 0 Å². The van der Waals surface area contributed by atoms with Crippen LogP contribution < -0.4 is 10.6 Å². The van der Waals surface area contributed by atoms with Gasteiger partial charge in [0.2, 0.25) is 0 Å². The molecule has 0 atom stereocenters. The van der Waals surface area contributed by atoms with Crippen LogP contribution in [0.3, 0.4) is 0 Å². The summed E-state index contributed by atoms with van der Waals surface area (Å²) in [7, 11) is 1.71. The second kappa shape index (κ2) is 6.57. The first-order chi connectivity index (χ1) is 8.11. The number of methoxy groups -OCH3 is 1. The molecule has 0 spiro atoms. The van der Waals surface area contributed by atoms with Gasteiger partial charge in [-0.2, -0.15) is 0 Å². The predicted molar refractivity (Wildman–Crippen MR) is 76.8 cm³/mol. The minimum atomic E-state index is 0.444. The number of benzene rings is 1. The maximum atomic E-state index is 5.78. The molecule has 0 saturated carbocycles. The topological polar surface area (TPSA) is 38.5 Å². The Morgan fingerprint density at radius 3 is 2.71 bits per heavy atom. The van der Waals surface area contributed by atoms with Crippen molar-refractivity contribution >= 4 is 22.9 Å². The molecule has 0 bridgehead atoms. The third-order valence-corrected chi connectivity index (χ3v) is 2.99. The Hall–Kier alpha value is -1.13. The molecule has 1 aromatic rings. The number of likely N-dealkylation sites (N-methyl/N-ethyl adjacent to an activating group) is 1. The van der Waals surface area contributed by atoms with Crippen molar-refractivity contribution in [2.24, 2.45) is 5.73 Å². The minimum Gasteiger partial charge on any atom is -0.389 e. The maximum absolute atomic E-state index is 5.78. The molecule has 0 amide bonds. The minimum absolute atomic E-state index is 0.444. The Labute approximate surface area is 109 Å². The molecule has 94 valence electrons. The Morgan fingerprint density at radius 2 is 2.18 bits per heavy atom. The number of nitrogens with zero attached hydrogens (tertiary/aromatic N) is 1. The van der Waals surface area contributed by atoms with Gasteiger partial charge in [0.05, 0.1) is 6.61 Å². The van der Waals surface area contributed by atoms with Crippen LogP contribution in [0.1, 0.15) is 18.1 Å². The van der Waals surface area contributed by atoms with Crippen LogP contribution in [0.5, 0.6) is 0 Å². The summed E-state index contributed by atoms with van der Waals surface area (Å²) in [5.74, 6) is 0. The van der Waals surface area contributed by atoms with Gasteiger partial charge in [-0.05, 0) is 25.5 Å². The van der Waals surface area contributed by atoms with Gasteiger partial charge in [0.25, 0.3) is 0 Å². The summed E-state index contributed by atoms with van der Waals surface area (Å²) in [5.41, 5.74) is 9.03. The van der Waals surface area contributed by atoms with E-state index in [4.69, 9.17) is 22.7 Å². The molecule has 0 heterocycles. The predicted octanol–water partition coefficient (Wildman–Crippen LogP) is 2.10. The van der Waals surface area contributed by atoms with E-state index in [1.165, 1.54) is 5.56 Å². The molecule has 1 aromatic carbocycles. The molecule has 2 N–H and O–H groups in total. The van der Waals surface area contributed by atoms with Crippen LogP contribution in [0.15, 0.2) is 18.2 Å². The number of hydrogen-bond acceptors (Lipinski definition) is 3. The largest absolute Gasteiger partial charge is 0.389 e. The Bertz CT molecular complexity index is 393. The van der Waals surface area contributed by atoms with Gasteiger partial charge in [0, 0.05) is 31.5 Å². The van der Waals surface area contributed by atoms with Gasteiger partial charge in [0.15, 0.2) is 0 Å². The van der Waals surface area contributed by atoms with E-state index in [0.29, 0.717) is 11.6 Å². The smallest absolute Gasteiger partial charge is 0.106 e. The molecule has 0 saturated heterocycles. The van der Waals surface area contributed by atoms with Crippen molar-refractivity contribution in [2.45, 2.75) is 13.8 Å². The number of nitrogens with two attached hydrogens (primary N) is 1. The zero-order chi connectivity index (χ0) is 12.8. The van der Waals surface area contributed by atoms with Crippen molar-refractivity contribution in [3.8, 4) is 0 Å². The van der Waals surface area contributed by atoms with Crippen molar-refractivity contribution < 1.29 is 4.74 Å². The number of rotatable bonds is 6. The molecule has 1 rings (SSSR count). The van der Waals surface area contributed by atoms with E-state index in [-0.39, 0.29) is 0 Å². The molecular weight excluding hydrogens is 232 g/mol. The number of para-hydroxylation sites is 1. The lowest BCUT2D eigenvalue weighted by Gasteiger charge is -2.27. The van der Waals surface area contributed by atoms with E-state index in [0.717, 1.165) is 24.3 Å². The van der Waals surface area contributed by atoms with Gasteiger partial charge < -0.3 is 15.4 Å². The maximum Gasteiger partial charge on any atom is 0.106 e. The van der Waals surface area contributed by atoms with Crippen LogP contribution in [-0.2, 0) is 4.74 Å². The van der Waals surface area contributed by atoms with Gasteiger partial charge in [-0.3, -0.25) is 0 Å². The van der Waals surface area contributed by atoms with Crippen molar-refractivity contribution in [1.82, 2.24) is 0 Å². The summed E-state index contributed by atoms with van der Waals surface area (Å²) < 4.78 is 5.13. The fourth-order valence-electron chi connectivity index (χ4n) is 1.91. The molecule has 0 fully saturated rings. The van der Waals surface area contributed by atoms with Gasteiger partial charge in [-0.1, -0.05) is 24.4 Å². The van der Waals surface area contributed by atoms with Crippen LogP contribution >= 0.6 is 12.2 Å². The molecule has 0 aliphatic carbocycles. The lowest BCUT2D eigenvalue weighted by molar-refractivity contribution is 0.205. The van der Waals surface area contributed by atoms with Crippen LogP contribution in [0, 0.1) is 6.92 Å². The van der Waals surface area contributed by atoms with E-state index in [9.17, 15) is 0 Å². The molecule has 17 heavy (non-hydrogen) atoms. The van der Waals surface area contributed by atoms with Crippen LogP contribution in [0.2, 0.25) is 0 Å². The SMILES string of the molecule is CCN(CCOC)c1c(C)cccc1C(N)=S. The van der Waals surface area contributed by atoms with Gasteiger partial charge in [-0.25, -0.2) is 0 Å². The average Bonchev–Trinajstić information content (AvgIpc) is 2.31. The average molecular weight is 252 g/mol. The summed E-state index contributed by atoms with van der Waals surface area (Å²) >= 11 is 5.11. The second-order valence-electron chi connectivity index (χ2n) is 3.91. The molecule has 0 unspecified atom stereocenters. The van der Waals surface area contributed by atoms with Crippen molar-refractivity contribution in [2.75, 3.05) is 31.7 Å². The second-order valence-corrected chi connectivity index (χ2v) is 4.35. The Kier molecular flexibility index (Phi) is 5.38. The van der Waals surface area contributed by atoms with Crippen molar-refractivity contribution in [3.63, 3.8) is 0 Å². The van der Waals surface area contributed by atoms with Crippen LogP contribution in [0.4, 0.5) is 5.69 Å². The van der Waals surface area contributed by atoms with Crippen LogP contribution in [-0.4, -0.2) is 31.8 Å². The summed E-state index contributed by atoms with van der Waals surface area (Å²) in [4.78, 5) is 2.69. The highest BCUT2D eigenvalue weighted by molar-refractivity contribution is 7.80. The lowest BCUT2D eigenvalue weighted by Crippen LogP contribution is -2.30. The monoisotopic (exact) mass is 252 g/mol. The number of thiocarbonyl (C=S) groups is 1. The third-order valence-electron chi connectivity index (χ3n) is 2.77. The van der Waals surface area contributed by atoms with Crippen LogP contribution in [0.25, 0.3) is 0 Å². The third kappa shape index (κ3) is 3.41. The summed E-state index contributed by atoms with van der Waals surface area (Å²) in [6.07, 6.45) is 0. The zero-order valence-corrected chi connectivity index (χ0v) is 11.5. The molecule has 0 aliphatic rings. The fourth-order valence-corrected chi connectivity index (χ4v) is 2.07. The quantitative estimate of drug-likeness (QED) is 0.787. The van der Waals surface area contributed by atoms with E-state index in [1.54, 1.807) is 7.11 Å². The highest BCUT2D eigenvalue weighted by Crippen LogP contribution is 2.25. The summed E-state index contributed by atoms with van der Waals surface area (Å²) in [6.45, 7) is 6.63. The Morgan fingerprint density at radius 1 is 1.47 bits per heavy atom. The van der Waals surface area contributed by atoms with E-state index in [1.807, 2.05) is 12.1 Å². The zero-order valence-electron chi connectivity index (χ0n) is 10.7. The van der Waals surface area contributed by atoms with Crippen molar-refractivity contribution in [3.05, 3.63) is 29.3 Å². The Balaban J connectivity index is 3.11. The molecule has 0 aromatic heterocycles. The van der Waals surface area contributed by atoms with E-state index >= 15 is 0 Å². The van der Waals surface area contributed by atoms with Crippen molar-refractivity contribution in [1.29, 1.82) is 0 Å². The highest BCUT2D eigenvalue weighted by Gasteiger charge is 2.13. The first-order valence-corrected chi connectivity index (χ1v) is 6.16. The number of ether oxygens (including phenoxy) is 1. The molecule has 0 aliphatic heterocycles. The standard InChI is InChI=1S/C13H20N2OS/c1-4-15(8-9-16-3)12-10(2)6-5-7-11(12)13(14)17/h5-7H,4,8-9H2,1-3H3,(H2,14,17). The fraction of sp³-hybridized carbons (Fsp3) is 0.462. The highest BCUT2D eigenvalue weighted by atomic mass is 32.1. The van der Waals surface area contributed by atoms with E-state index in [2.05, 4.69) is 24.8 Å². The number of aryl methyl sites for hydroxylation is 1. The molecule has 4 heteroatoms. The van der Waals surface area contributed by atoms with Gasteiger partial charge in [0.1, 0.15) is 4.99 Å². The molecular formula is C13H20N2OS. The van der Waals surface area contributed by atoms with Gasteiger partial charge >= 0.3 is 0 Å². The summed E-state index contributed by atoms with van der Waals surface area (Å²) in [5, 5.41) is 0. The number of anilines is 1. The first kappa shape index (κ1) is 13.9.